The SMILES string of the molecule is CCC1(CC)CC(CCN2CCN(c3ccc(C)cc3C)CC2)OC1=O.Cl. The van der Waals surface area contributed by atoms with Crippen molar-refractivity contribution in [2.75, 3.05) is 37.6 Å². The first-order valence-electron chi connectivity index (χ1n) is 10.2. The molecule has 0 spiro atoms. The van der Waals surface area contributed by atoms with Gasteiger partial charge in [-0.25, -0.2) is 0 Å². The molecule has 2 aliphatic heterocycles. The minimum absolute atomic E-state index is 0. The minimum atomic E-state index is -0.216. The highest BCUT2D eigenvalue weighted by Crippen LogP contribution is 2.41. The van der Waals surface area contributed by atoms with E-state index in [1.165, 1.54) is 16.8 Å². The predicted molar refractivity (Wildman–Crippen MR) is 114 cm³/mol. The van der Waals surface area contributed by atoms with Crippen LogP contribution in [0.15, 0.2) is 18.2 Å². The van der Waals surface area contributed by atoms with Crippen LogP contribution >= 0.6 is 12.4 Å². The fourth-order valence-corrected chi connectivity index (χ4v) is 4.52. The topological polar surface area (TPSA) is 32.8 Å². The standard InChI is InChI=1S/C22H34N2O2.ClH/c1-5-22(6-2)16-19(26-21(22)25)9-10-23-11-13-24(14-12-23)20-8-7-17(3)15-18(20)4;/h7-8,15,19H,5-6,9-14,16H2,1-4H3;1H. The maximum absolute atomic E-state index is 12.2. The average Bonchev–Trinajstić information content (AvgIpc) is 2.97. The number of cyclic esters (lactones) is 1. The third-order valence-corrected chi connectivity index (χ3v) is 6.51. The molecule has 5 heteroatoms. The number of carbonyl (C=O) groups excluding carboxylic acids is 1. The summed E-state index contributed by atoms with van der Waals surface area (Å²) in [6.07, 6.45) is 3.78. The van der Waals surface area contributed by atoms with Crippen LogP contribution in [-0.4, -0.2) is 49.7 Å². The smallest absolute Gasteiger partial charge is 0.312 e. The largest absolute Gasteiger partial charge is 0.462 e. The van der Waals surface area contributed by atoms with Gasteiger partial charge >= 0.3 is 5.97 Å². The summed E-state index contributed by atoms with van der Waals surface area (Å²) in [5.74, 6) is 0.0344. The summed E-state index contributed by atoms with van der Waals surface area (Å²) in [7, 11) is 0. The summed E-state index contributed by atoms with van der Waals surface area (Å²) < 4.78 is 5.69. The zero-order valence-corrected chi connectivity index (χ0v) is 18.1. The van der Waals surface area contributed by atoms with Crippen LogP contribution < -0.4 is 4.90 Å². The van der Waals surface area contributed by atoms with Crippen molar-refractivity contribution in [2.45, 2.75) is 59.5 Å². The number of carbonyl (C=O) groups is 1. The number of esters is 1. The van der Waals surface area contributed by atoms with E-state index in [2.05, 4.69) is 55.7 Å². The lowest BCUT2D eigenvalue weighted by molar-refractivity contribution is -0.149. The molecule has 1 aromatic carbocycles. The maximum atomic E-state index is 12.2. The molecule has 0 N–H and O–H groups in total. The fourth-order valence-electron chi connectivity index (χ4n) is 4.52. The van der Waals surface area contributed by atoms with Crippen molar-refractivity contribution in [3.05, 3.63) is 29.3 Å². The number of anilines is 1. The van der Waals surface area contributed by atoms with Crippen LogP contribution in [-0.2, 0) is 9.53 Å². The van der Waals surface area contributed by atoms with E-state index >= 15 is 0 Å². The predicted octanol–water partition coefficient (Wildman–Crippen LogP) is 4.36. The molecular weight excluding hydrogens is 360 g/mol. The van der Waals surface area contributed by atoms with Crippen LogP contribution in [0.5, 0.6) is 0 Å². The summed E-state index contributed by atoms with van der Waals surface area (Å²) in [6.45, 7) is 13.9. The highest BCUT2D eigenvalue weighted by Gasteiger charge is 2.46. The Labute approximate surface area is 170 Å². The van der Waals surface area contributed by atoms with Gasteiger partial charge < -0.3 is 9.64 Å². The van der Waals surface area contributed by atoms with Crippen LogP contribution in [0.1, 0.15) is 50.7 Å². The van der Waals surface area contributed by atoms with Crippen molar-refractivity contribution >= 4 is 24.1 Å². The van der Waals surface area contributed by atoms with Crippen molar-refractivity contribution < 1.29 is 9.53 Å². The molecule has 2 saturated heterocycles. The molecule has 0 amide bonds. The second-order valence-corrected chi connectivity index (χ2v) is 8.13. The van der Waals surface area contributed by atoms with Crippen molar-refractivity contribution in [2.24, 2.45) is 5.41 Å². The number of ether oxygens (including phenoxy) is 1. The van der Waals surface area contributed by atoms with Gasteiger partial charge in [-0.3, -0.25) is 9.69 Å². The summed E-state index contributed by atoms with van der Waals surface area (Å²) in [4.78, 5) is 17.3. The van der Waals surface area contributed by atoms with Gasteiger partial charge in [-0.05, 0) is 44.7 Å². The Kier molecular flexibility index (Phi) is 7.58. The monoisotopic (exact) mass is 394 g/mol. The quantitative estimate of drug-likeness (QED) is 0.671. The minimum Gasteiger partial charge on any atom is -0.462 e. The number of aryl methyl sites for hydroxylation is 2. The number of benzene rings is 1. The fraction of sp³-hybridized carbons (Fsp3) is 0.682. The van der Waals surface area contributed by atoms with Crippen LogP contribution in [0, 0.1) is 19.3 Å². The lowest BCUT2D eigenvalue weighted by Gasteiger charge is -2.37. The number of halogens is 1. The molecule has 4 nitrogen and oxygen atoms in total. The molecule has 2 heterocycles. The summed E-state index contributed by atoms with van der Waals surface area (Å²) in [5.41, 5.74) is 3.85. The van der Waals surface area contributed by atoms with Crippen molar-refractivity contribution in [1.29, 1.82) is 0 Å². The molecular formula is C22H35ClN2O2. The molecule has 152 valence electrons. The Morgan fingerprint density at radius 1 is 1.11 bits per heavy atom. The molecule has 1 atom stereocenters. The van der Waals surface area contributed by atoms with Gasteiger partial charge in [0.25, 0.3) is 0 Å². The van der Waals surface area contributed by atoms with Gasteiger partial charge in [0.05, 0.1) is 5.41 Å². The first-order valence-corrected chi connectivity index (χ1v) is 10.2. The van der Waals surface area contributed by atoms with Gasteiger partial charge in [0.1, 0.15) is 6.10 Å². The van der Waals surface area contributed by atoms with Crippen LogP contribution in [0.25, 0.3) is 0 Å². The second kappa shape index (κ2) is 9.29. The van der Waals surface area contributed by atoms with E-state index in [0.29, 0.717) is 0 Å². The lowest BCUT2D eigenvalue weighted by atomic mass is 9.79. The Hall–Kier alpha value is -1.26. The zero-order chi connectivity index (χ0) is 18.7. The Morgan fingerprint density at radius 3 is 2.33 bits per heavy atom. The molecule has 0 bridgehead atoms. The van der Waals surface area contributed by atoms with Gasteiger partial charge in [-0.2, -0.15) is 0 Å². The van der Waals surface area contributed by atoms with Crippen LogP contribution in [0.3, 0.4) is 0 Å². The normalized spacial score (nSPS) is 22.4. The summed E-state index contributed by atoms with van der Waals surface area (Å²) >= 11 is 0. The van der Waals surface area contributed by atoms with Crippen molar-refractivity contribution in [3.8, 4) is 0 Å². The second-order valence-electron chi connectivity index (χ2n) is 8.13. The summed E-state index contributed by atoms with van der Waals surface area (Å²) in [5, 5.41) is 0. The summed E-state index contributed by atoms with van der Waals surface area (Å²) in [6, 6.07) is 6.73. The third-order valence-electron chi connectivity index (χ3n) is 6.51. The van der Waals surface area contributed by atoms with Crippen molar-refractivity contribution in [1.82, 2.24) is 4.90 Å². The highest BCUT2D eigenvalue weighted by atomic mass is 35.5. The Bertz CT molecular complexity index is 637. The molecule has 1 aromatic rings. The van der Waals surface area contributed by atoms with Crippen LogP contribution in [0.2, 0.25) is 0 Å². The van der Waals surface area contributed by atoms with Gasteiger partial charge in [-0.1, -0.05) is 31.5 Å². The number of nitrogens with zero attached hydrogens (tertiary/aromatic N) is 2. The highest BCUT2D eigenvalue weighted by molar-refractivity contribution is 5.85. The molecule has 3 rings (SSSR count). The van der Waals surface area contributed by atoms with Gasteiger partial charge in [0.15, 0.2) is 0 Å². The molecule has 0 saturated carbocycles. The molecule has 0 radical (unpaired) electrons. The van der Waals surface area contributed by atoms with Gasteiger partial charge in [0.2, 0.25) is 0 Å². The van der Waals surface area contributed by atoms with E-state index in [1.807, 2.05) is 0 Å². The van der Waals surface area contributed by atoms with Crippen LogP contribution in [0.4, 0.5) is 5.69 Å². The van der Waals surface area contributed by atoms with E-state index in [1.54, 1.807) is 0 Å². The van der Waals surface area contributed by atoms with E-state index < -0.39 is 0 Å². The zero-order valence-electron chi connectivity index (χ0n) is 17.3. The lowest BCUT2D eigenvalue weighted by Crippen LogP contribution is -2.47. The molecule has 0 aliphatic carbocycles. The number of hydrogen-bond acceptors (Lipinski definition) is 4. The maximum Gasteiger partial charge on any atom is 0.312 e. The molecule has 1 unspecified atom stereocenters. The molecule has 2 fully saturated rings. The average molecular weight is 395 g/mol. The molecule has 2 aliphatic rings. The third kappa shape index (κ3) is 4.78. The van der Waals surface area contributed by atoms with Gasteiger partial charge in [0, 0.05) is 44.8 Å². The first-order chi connectivity index (χ1) is 12.5. The number of hydrogen-bond donors (Lipinski definition) is 0. The molecule has 0 aromatic heterocycles. The Morgan fingerprint density at radius 2 is 1.78 bits per heavy atom. The van der Waals surface area contributed by atoms with E-state index in [0.717, 1.165) is 58.4 Å². The van der Waals surface area contributed by atoms with E-state index in [9.17, 15) is 4.79 Å². The van der Waals surface area contributed by atoms with Gasteiger partial charge in [-0.15, -0.1) is 12.4 Å². The first kappa shape index (κ1) is 22.0. The molecule has 27 heavy (non-hydrogen) atoms. The Balaban J connectivity index is 0.00000261. The van der Waals surface area contributed by atoms with E-state index in [-0.39, 0.29) is 29.9 Å². The van der Waals surface area contributed by atoms with E-state index in [4.69, 9.17) is 4.74 Å². The number of piperazine rings is 1. The number of rotatable bonds is 6. The van der Waals surface area contributed by atoms with Crippen molar-refractivity contribution in [3.63, 3.8) is 0 Å².